The highest BCUT2D eigenvalue weighted by Gasteiger charge is 2.23. The number of aliphatic hydroxyl groups excluding tert-OH is 1. The molecule has 0 saturated heterocycles. The summed E-state index contributed by atoms with van der Waals surface area (Å²) in [4.78, 5) is 25.3. The molecule has 6 nitrogen and oxygen atoms in total. The van der Waals surface area contributed by atoms with E-state index < -0.39 is 23.6 Å². The van der Waals surface area contributed by atoms with Gasteiger partial charge in [0.05, 0.1) is 25.0 Å². The van der Waals surface area contributed by atoms with E-state index in [0.29, 0.717) is 11.3 Å². The number of methoxy groups -OCH3 is 1. The highest BCUT2D eigenvalue weighted by atomic mass is 19.1. The molecule has 0 fully saturated rings. The van der Waals surface area contributed by atoms with E-state index in [9.17, 15) is 19.1 Å². The summed E-state index contributed by atoms with van der Waals surface area (Å²) in [5, 5.41) is 15.8. The maximum absolute atomic E-state index is 13.7. The molecule has 7 heteroatoms. The molecule has 0 saturated carbocycles. The van der Waals surface area contributed by atoms with Gasteiger partial charge in [0.1, 0.15) is 17.7 Å². The van der Waals surface area contributed by atoms with Gasteiger partial charge in [0.15, 0.2) is 5.78 Å². The molecular weight excluding hydrogens is 387 g/mol. The maximum atomic E-state index is 13.7. The maximum Gasteiger partial charge on any atom is 0.243 e. The first-order chi connectivity index (χ1) is 14.5. The summed E-state index contributed by atoms with van der Waals surface area (Å²) >= 11 is 0. The Morgan fingerprint density at radius 2 is 1.70 bits per heavy atom. The van der Waals surface area contributed by atoms with Crippen molar-refractivity contribution >= 4 is 23.1 Å². The van der Waals surface area contributed by atoms with Gasteiger partial charge < -0.3 is 20.5 Å². The van der Waals surface area contributed by atoms with Crippen LogP contribution in [0.3, 0.4) is 0 Å². The van der Waals surface area contributed by atoms with E-state index in [2.05, 4.69) is 10.6 Å². The fourth-order valence-electron chi connectivity index (χ4n) is 2.87. The molecule has 1 atom stereocenters. The molecule has 3 aromatic rings. The minimum atomic E-state index is -1.40. The van der Waals surface area contributed by atoms with Crippen molar-refractivity contribution in [2.75, 3.05) is 24.3 Å². The summed E-state index contributed by atoms with van der Waals surface area (Å²) < 4.78 is 18.9. The van der Waals surface area contributed by atoms with Crippen LogP contribution in [-0.4, -0.2) is 30.5 Å². The number of benzene rings is 3. The standard InChI is InChI=1S/C23H21FN2O4/c1-30-16-11-12-19(26-21(27)14-25-20-10-6-5-9-18(20)24)17(13-16)23(29)22(28)15-7-3-2-4-8-15/h2-13,22,25,28H,14H2,1H3,(H,26,27). The second-order valence-corrected chi connectivity index (χ2v) is 6.47. The third kappa shape index (κ3) is 5.01. The van der Waals surface area contributed by atoms with Crippen molar-refractivity contribution in [3.63, 3.8) is 0 Å². The van der Waals surface area contributed by atoms with Crippen LogP contribution in [-0.2, 0) is 4.79 Å². The number of carbonyl (C=O) groups is 2. The van der Waals surface area contributed by atoms with Gasteiger partial charge in [0.25, 0.3) is 0 Å². The number of ether oxygens (including phenoxy) is 1. The molecule has 30 heavy (non-hydrogen) atoms. The lowest BCUT2D eigenvalue weighted by Crippen LogP contribution is -2.24. The van der Waals surface area contributed by atoms with Gasteiger partial charge in [-0.05, 0) is 35.9 Å². The molecule has 154 valence electrons. The van der Waals surface area contributed by atoms with Crippen molar-refractivity contribution in [1.82, 2.24) is 0 Å². The molecule has 0 radical (unpaired) electrons. The number of Topliss-reactive ketones (excluding diaryl/α,β-unsaturated/α-hetero) is 1. The molecule has 0 aliphatic heterocycles. The molecular formula is C23H21FN2O4. The quantitative estimate of drug-likeness (QED) is 0.494. The van der Waals surface area contributed by atoms with Crippen LogP contribution >= 0.6 is 0 Å². The predicted octanol–water partition coefficient (Wildman–Crippen LogP) is 3.80. The minimum Gasteiger partial charge on any atom is -0.497 e. The smallest absolute Gasteiger partial charge is 0.243 e. The highest BCUT2D eigenvalue weighted by molar-refractivity contribution is 6.08. The second-order valence-electron chi connectivity index (χ2n) is 6.47. The van der Waals surface area contributed by atoms with Crippen LogP contribution in [0.2, 0.25) is 0 Å². The van der Waals surface area contributed by atoms with Gasteiger partial charge >= 0.3 is 0 Å². The van der Waals surface area contributed by atoms with Gasteiger partial charge in [-0.1, -0.05) is 42.5 Å². The summed E-state index contributed by atoms with van der Waals surface area (Å²) in [6, 6.07) is 19.0. The number of aliphatic hydroxyl groups is 1. The monoisotopic (exact) mass is 408 g/mol. The largest absolute Gasteiger partial charge is 0.497 e. The summed E-state index contributed by atoms with van der Waals surface area (Å²) in [5.74, 6) is -1.14. The summed E-state index contributed by atoms with van der Waals surface area (Å²) in [7, 11) is 1.45. The normalized spacial score (nSPS) is 11.4. The molecule has 0 bridgehead atoms. The fourth-order valence-corrected chi connectivity index (χ4v) is 2.87. The molecule has 0 aromatic heterocycles. The van der Waals surface area contributed by atoms with E-state index in [1.807, 2.05) is 0 Å². The lowest BCUT2D eigenvalue weighted by atomic mass is 9.98. The third-order valence-corrected chi connectivity index (χ3v) is 4.44. The van der Waals surface area contributed by atoms with E-state index in [1.54, 1.807) is 48.5 Å². The number of rotatable bonds is 8. The Morgan fingerprint density at radius 1 is 1.00 bits per heavy atom. The first kappa shape index (κ1) is 21.0. The number of anilines is 2. The van der Waals surface area contributed by atoms with Crippen molar-refractivity contribution in [2.45, 2.75) is 6.10 Å². The Kier molecular flexibility index (Phi) is 6.77. The zero-order valence-electron chi connectivity index (χ0n) is 16.3. The lowest BCUT2D eigenvalue weighted by molar-refractivity contribution is -0.114. The molecule has 3 aromatic carbocycles. The Balaban J connectivity index is 1.78. The SMILES string of the molecule is COc1ccc(NC(=O)CNc2ccccc2F)c(C(=O)C(O)c2ccccc2)c1. The molecule has 0 heterocycles. The lowest BCUT2D eigenvalue weighted by Gasteiger charge is -2.16. The van der Waals surface area contributed by atoms with E-state index >= 15 is 0 Å². The Hall–Kier alpha value is -3.71. The number of amides is 1. The minimum absolute atomic E-state index is 0.102. The second kappa shape index (κ2) is 9.67. The zero-order chi connectivity index (χ0) is 21.5. The number of para-hydroxylation sites is 1. The van der Waals surface area contributed by atoms with Gasteiger partial charge in [-0.3, -0.25) is 9.59 Å². The van der Waals surface area contributed by atoms with E-state index in [0.717, 1.165) is 0 Å². The number of halogens is 1. The van der Waals surface area contributed by atoms with Gasteiger partial charge in [-0.15, -0.1) is 0 Å². The fraction of sp³-hybridized carbons (Fsp3) is 0.130. The third-order valence-electron chi connectivity index (χ3n) is 4.44. The molecule has 0 aliphatic rings. The molecule has 3 rings (SSSR count). The van der Waals surface area contributed by atoms with Crippen LogP contribution in [0.5, 0.6) is 5.75 Å². The average Bonchev–Trinajstić information content (AvgIpc) is 2.78. The van der Waals surface area contributed by atoms with Crippen molar-refractivity contribution in [3.8, 4) is 5.75 Å². The number of hydrogen-bond donors (Lipinski definition) is 3. The van der Waals surface area contributed by atoms with Gasteiger partial charge in [-0.25, -0.2) is 4.39 Å². The highest BCUT2D eigenvalue weighted by Crippen LogP contribution is 2.27. The van der Waals surface area contributed by atoms with E-state index in [4.69, 9.17) is 4.74 Å². The molecule has 3 N–H and O–H groups in total. The van der Waals surface area contributed by atoms with Crippen molar-refractivity contribution < 1.29 is 23.8 Å². The first-order valence-corrected chi connectivity index (χ1v) is 9.23. The molecule has 1 amide bonds. The molecule has 0 aliphatic carbocycles. The average molecular weight is 408 g/mol. The van der Waals surface area contributed by atoms with Crippen LogP contribution < -0.4 is 15.4 Å². The van der Waals surface area contributed by atoms with Crippen LogP contribution in [0.4, 0.5) is 15.8 Å². The number of ketones is 1. The Labute approximate surface area is 173 Å². The first-order valence-electron chi connectivity index (χ1n) is 9.23. The number of carbonyl (C=O) groups excluding carboxylic acids is 2. The summed E-state index contributed by atoms with van der Waals surface area (Å²) in [6.07, 6.45) is -1.40. The van der Waals surface area contributed by atoms with Crippen molar-refractivity contribution in [1.29, 1.82) is 0 Å². The number of hydrogen-bond acceptors (Lipinski definition) is 5. The molecule has 1 unspecified atom stereocenters. The number of nitrogens with one attached hydrogen (secondary N) is 2. The Morgan fingerprint density at radius 3 is 2.40 bits per heavy atom. The summed E-state index contributed by atoms with van der Waals surface area (Å²) in [6.45, 7) is -0.207. The Bertz CT molecular complexity index is 1040. The van der Waals surface area contributed by atoms with Crippen LogP contribution in [0.25, 0.3) is 0 Å². The predicted molar refractivity (Wildman–Crippen MR) is 112 cm³/mol. The van der Waals surface area contributed by atoms with Gasteiger partial charge in [0, 0.05) is 5.56 Å². The van der Waals surface area contributed by atoms with Crippen molar-refractivity contribution in [3.05, 3.63) is 89.7 Å². The van der Waals surface area contributed by atoms with E-state index in [1.165, 1.54) is 31.4 Å². The van der Waals surface area contributed by atoms with Gasteiger partial charge in [0.2, 0.25) is 5.91 Å². The van der Waals surface area contributed by atoms with Crippen LogP contribution in [0.1, 0.15) is 22.0 Å². The molecule has 0 spiro atoms. The zero-order valence-corrected chi connectivity index (χ0v) is 16.3. The summed E-state index contributed by atoms with van der Waals surface area (Å²) in [5.41, 5.74) is 0.947. The van der Waals surface area contributed by atoms with Gasteiger partial charge in [-0.2, -0.15) is 0 Å². The van der Waals surface area contributed by atoms with E-state index in [-0.39, 0.29) is 23.5 Å². The topological polar surface area (TPSA) is 87.7 Å². The van der Waals surface area contributed by atoms with Crippen LogP contribution in [0.15, 0.2) is 72.8 Å². The van der Waals surface area contributed by atoms with Crippen molar-refractivity contribution in [2.24, 2.45) is 0 Å². The van der Waals surface area contributed by atoms with Crippen LogP contribution in [0, 0.1) is 5.82 Å².